The molecule has 0 unspecified atom stereocenters. The topological polar surface area (TPSA) is 64.5 Å². The standard InChI is InChI=1S/C18H22N2O2/c1-12-17(21)18(22)16(20-12)11-19-15-9-7-14(8-10-15)13-5-3-2-4-6-13/h2-10,12,16-22H,11H2,1H3/t12-,16-,17+,18-/m0/s1. The Morgan fingerprint density at radius 2 is 1.55 bits per heavy atom. The van der Waals surface area contributed by atoms with E-state index in [1.54, 1.807) is 0 Å². The molecule has 2 aromatic rings. The highest BCUT2D eigenvalue weighted by atomic mass is 16.3. The molecule has 1 aliphatic rings. The van der Waals surface area contributed by atoms with Crippen molar-refractivity contribution in [3.05, 3.63) is 54.6 Å². The normalized spacial score (nSPS) is 27.8. The predicted octanol–water partition coefficient (Wildman–Crippen LogP) is 1.85. The molecule has 4 heteroatoms. The first-order chi connectivity index (χ1) is 10.6. The fourth-order valence-electron chi connectivity index (χ4n) is 2.89. The molecule has 0 spiro atoms. The number of aliphatic hydroxyl groups is 2. The zero-order chi connectivity index (χ0) is 15.5. The Kier molecular flexibility index (Phi) is 4.43. The summed E-state index contributed by atoms with van der Waals surface area (Å²) in [6, 6.07) is 18.2. The van der Waals surface area contributed by atoms with Gasteiger partial charge in [0.15, 0.2) is 0 Å². The molecule has 1 fully saturated rings. The van der Waals surface area contributed by atoms with Gasteiger partial charge in [0, 0.05) is 18.3 Å². The van der Waals surface area contributed by atoms with Gasteiger partial charge in [-0.25, -0.2) is 0 Å². The maximum Gasteiger partial charge on any atom is 0.0984 e. The SMILES string of the molecule is C[C@@H]1N[C@@H](CNc2ccc(-c3ccccc3)cc2)[C@H](O)[C@@H]1O. The number of aliphatic hydroxyl groups excluding tert-OH is 2. The number of nitrogens with one attached hydrogen (secondary N) is 2. The second-order valence-electron chi connectivity index (χ2n) is 5.87. The summed E-state index contributed by atoms with van der Waals surface area (Å²) < 4.78 is 0. The lowest BCUT2D eigenvalue weighted by molar-refractivity contribution is 0.0320. The molecule has 4 N–H and O–H groups in total. The van der Waals surface area contributed by atoms with E-state index in [1.165, 1.54) is 11.1 Å². The molecule has 1 saturated heterocycles. The average molecular weight is 298 g/mol. The maximum atomic E-state index is 9.95. The first kappa shape index (κ1) is 15.0. The largest absolute Gasteiger partial charge is 0.389 e. The van der Waals surface area contributed by atoms with Crippen molar-refractivity contribution in [1.29, 1.82) is 0 Å². The molecule has 22 heavy (non-hydrogen) atoms. The van der Waals surface area contributed by atoms with Crippen LogP contribution >= 0.6 is 0 Å². The van der Waals surface area contributed by atoms with Gasteiger partial charge in [-0.1, -0.05) is 42.5 Å². The van der Waals surface area contributed by atoms with Crippen LogP contribution in [0.5, 0.6) is 0 Å². The molecular weight excluding hydrogens is 276 g/mol. The van der Waals surface area contributed by atoms with E-state index in [-0.39, 0.29) is 12.1 Å². The molecule has 0 amide bonds. The van der Waals surface area contributed by atoms with Crippen molar-refractivity contribution in [2.45, 2.75) is 31.2 Å². The first-order valence-corrected chi connectivity index (χ1v) is 7.66. The number of hydrogen-bond acceptors (Lipinski definition) is 4. The van der Waals surface area contributed by atoms with Gasteiger partial charge in [0.05, 0.1) is 18.2 Å². The summed E-state index contributed by atoms with van der Waals surface area (Å²) in [6.45, 7) is 2.45. The van der Waals surface area contributed by atoms with Gasteiger partial charge < -0.3 is 20.8 Å². The fraction of sp³-hybridized carbons (Fsp3) is 0.333. The van der Waals surface area contributed by atoms with Crippen molar-refractivity contribution in [3.63, 3.8) is 0 Å². The summed E-state index contributed by atoms with van der Waals surface area (Å²) in [7, 11) is 0. The lowest BCUT2D eigenvalue weighted by atomic mass is 10.1. The molecule has 0 aliphatic carbocycles. The van der Waals surface area contributed by atoms with E-state index >= 15 is 0 Å². The Morgan fingerprint density at radius 3 is 2.14 bits per heavy atom. The molecule has 2 aromatic carbocycles. The van der Waals surface area contributed by atoms with Gasteiger partial charge in [-0.3, -0.25) is 0 Å². The lowest BCUT2D eigenvalue weighted by Gasteiger charge is -2.17. The van der Waals surface area contributed by atoms with Crippen LogP contribution in [-0.4, -0.2) is 41.0 Å². The quantitative estimate of drug-likeness (QED) is 0.695. The number of hydrogen-bond donors (Lipinski definition) is 4. The minimum absolute atomic E-state index is 0.0812. The van der Waals surface area contributed by atoms with Crippen LogP contribution in [0, 0.1) is 0 Å². The van der Waals surface area contributed by atoms with Crippen LogP contribution in [0.25, 0.3) is 11.1 Å². The van der Waals surface area contributed by atoms with Crippen LogP contribution in [0.15, 0.2) is 54.6 Å². The molecule has 1 heterocycles. The molecule has 1 aliphatic heterocycles. The van der Waals surface area contributed by atoms with Gasteiger partial charge in [0.2, 0.25) is 0 Å². The van der Waals surface area contributed by atoms with Crippen molar-refractivity contribution in [2.24, 2.45) is 0 Å². The molecule has 3 rings (SSSR count). The van der Waals surface area contributed by atoms with Gasteiger partial charge in [-0.2, -0.15) is 0 Å². The van der Waals surface area contributed by atoms with Gasteiger partial charge in [0.25, 0.3) is 0 Å². The van der Waals surface area contributed by atoms with Crippen LogP contribution in [0.1, 0.15) is 6.92 Å². The minimum Gasteiger partial charge on any atom is -0.389 e. The second kappa shape index (κ2) is 6.48. The summed E-state index contributed by atoms with van der Waals surface area (Å²) in [4.78, 5) is 0. The minimum atomic E-state index is -0.730. The third-order valence-corrected chi connectivity index (χ3v) is 4.27. The zero-order valence-electron chi connectivity index (χ0n) is 12.6. The Hall–Kier alpha value is -1.88. The monoisotopic (exact) mass is 298 g/mol. The summed E-state index contributed by atoms with van der Waals surface area (Å²) in [5, 5.41) is 26.2. The molecule has 116 valence electrons. The van der Waals surface area contributed by atoms with E-state index in [9.17, 15) is 10.2 Å². The summed E-state index contributed by atoms with van der Waals surface area (Å²) >= 11 is 0. The van der Waals surface area contributed by atoms with Crippen LogP contribution in [0.2, 0.25) is 0 Å². The number of anilines is 1. The molecule has 0 aromatic heterocycles. The highest BCUT2D eigenvalue weighted by Gasteiger charge is 2.37. The summed E-state index contributed by atoms with van der Waals surface area (Å²) in [6.07, 6.45) is -1.43. The van der Waals surface area contributed by atoms with Crippen molar-refractivity contribution in [1.82, 2.24) is 5.32 Å². The Bertz CT molecular complexity index is 600. The summed E-state index contributed by atoms with van der Waals surface area (Å²) in [5.74, 6) is 0. The van der Waals surface area contributed by atoms with Crippen molar-refractivity contribution in [2.75, 3.05) is 11.9 Å². The first-order valence-electron chi connectivity index (χ1n) is 7.66. The molecule has 0 saturated carbocycles. The fourth-order valence-corrected chi connectivity index (χ4v) is 2.89. The highest BCUT2D eigenvalue weighted by molar-refractivity contribution is 5.65. The van der Waals surface area contributed by atoms with E-state index < -0.39 is 12.2 Å². The van der Waals surface area contributed by atoms with Crippen molar-refractivity contribution >= 4 is 5.69 Å². The van der Waals surface area contributed by atoms with Gasteiger partial charge >= 0.3 is 0 Å². The van der Waals surface area contributed by atoms with Crippen LogP contribution in [-0.2, 0) is 0 Å². The average Bonchev–Trinajstić information content (AvgIpc) is 2.81. The Morgan fingerprint density at radius 1 is 0.909 bits per heavy atom. The molecular formula is C18H22N2O2. The van der Waals surface area contributed by atoms with Crippen LogP contribution in [0.4, 0.5) is 5.69 Å². The van der Waals surface area contributed by atoms with Crippen molar-refractivity contribution < 1.29 is 10.2 Å². The van der Waals surface area contributed by atoms with Gasteiger partial charge in [0.1, 0.15) is 0 Å². The third-order valence-electron chi connectivity index (χ3n) is 4.27. The smallest absolute Gasteiger partial charge is 0.0984 e. The van der Waals surface area contributed by atoms with E-state index in [2.05, 4.69) is 34.9 Å². The van der Waals surface area contributed by atoms with Crippen LogP contribution < -0.4 is 10.6 Å². The molecule has 4 nitrogen and oxygen atoms in total. The third kappa shape index (κ3) is 3.14. The van der Waals surface area contributed by atoms with Gasteiger partial charge in [-0.15, -0.1) is 0 Å². The second-order valence-corrected chi connectivity index (χ2v) is 5.87. The Labute approximate surface area is 130 Å². The van der Waals surface area contributed by atoms with Gasteiger partial charge in [-0.05, 0) is 30.2 Å². The number of benzene rings is 2. The van der Waals surface area contributed by atoms with E-state index in [0.717, 1.165) is 5.69 Å². The van der Waals surface area contributed by atoms with Crippen LogP contribution in [0.3, 0.4) is 0 Å². The van der Waals surface area contributed by atoms with E-state index in [0.29, 0.717) is 6.54 Å². The maximum absolute atomic E-state index is 9.95. The Balaban J connectivity index is 1.60. The zero-order valence-corrected chi connectivity index (χ0v) is 12.6. The van der Waals surface area contributed by atoms with E-state index in [1.807, 2.05) is 37.3 Å². The summed E-state index contributed by atoms with van der Waals surface area (Å²) in [5.41, 5.74) is 3.37. The molecule has 0 bridgehead atoms. The highest BCUT2D eigenvalue weighted by Crippen LogP contribution is 2.21. The molecule has 4 atom stereocenters. The lowest BCUT2D eigenvalue weighted by Crippen LogP contribution is -2.39. The molecule has 0 radical (unpaired) electrons. The van der Waals surface area contributed by atoms with E-state index in [4.69, 9.17) is 0 Å². The predicted molar refractivity (Wildman–Crippen MR) is 88.8 cm³/mol. The number of rotatable bonds is 4. The van der Waals surface area contributed by atoms with Crippen molar-refractivity contribution in [3.8, 4) is 11.1 Å².